The van der Waals surface area contributed by atoms with E-state index in [4.69, 9.17) is 4.74 Å². The molecule has 1 saturated heterocycles. The molecule has 0 spiro atoms. The average molecular weight is 413 g/mol. The third kappa shape index (κ3) is 5.92. The van der Waals surface area contributed by atoms with E-state index < -0.39 is 0 Å². The second-order valence-corrected chi connectivity index (χ2v) is 8.02. The number of nitrogens with one attached hydrogen (secondary N) is 1. The van der Waals surface area contributed by atoms with Gasteiger partial charge in [0.1, 0.15) is 0 Å². The van der Waals surface area contributed by atoms with Gasteiger partial charge in [-0.15, -0.1) is 0 Å². The number of rotatable bonds is 8. The highest BCUT2D eigenvalue weighted by Gasteiger charge is 2.29. The maximum atomic E-state index is 12.5. The van der Waals surface area contributed by atoms with E-state index in [0.29, 0.717) is 18.7 Å². The van der Waals surface area contributed by atoms with Gasteiger partial charge in [-0.25, -0.2) is 0 Å². The van der Waals surface area contributed by atoms with Gasteiger partial charge >= 0.3 is 0 Å². The lowest BCUT2D eigenvalue weighted by Crippen LogP contribution is -2.28. The van der Waals surface area contributed by atoms with Crippen LogP contribution in [-0.2, 0) is 29.2 Å². The minimum absolute atomic E-state index is 0.182. The van der Waals surface area contributed by atoms with Gasteiger partial charge in [0.25, 0.3) is 11.1 Å². The zero-order valence-corrected chi connectivity index (χ0v) is 17.3. The summed E-state index contributed by atoms with van der Waals surface area (Å²) in [5, 5.41) is 2.66. The van der Waals surface area contributed by atoms with Crippen molar-refractivity contribution < 1.29 is 19.1 Å². The molecule has 0 unspecified atom stereocenters. The molecule has 152 valence electrons. The number of imide groups is 1. The topological polar surface area (TPSA) is 75.7 Å². The smallest absolute Gasteiger partial charge is 0.289 e. The van der Waals surface area contributed by atoms with Gasteiger partial charge in [-0.1, -0.05) is 48.2 Å². The molecule has 2 aromatic rings. The molecule has 1 aliphatic heterocycles. The zero-order chi connectivity index (χ0) is 20.8. The summed E-state index contributed by atoms with van der Waals surface area (Å²) in [5.74, 6) is -0.217. The van der Waals surface area contributed by atoms with Crippen LogP contribution in [0.4, 0.5) is 4.79 Å². The molecule has 3 rings (SSSR count). The highest BCUT2D eigenvalue weighted by molar-refractivity contribution is 8.14. The molecule has 1 fully saturated rings. The lowest BCUT2D eigenvalue weighted by Gasteiger charge is -2.13. The Morgan fingerprint density at radius 2 is 1.83 bits per heavy atom. The first kappa shape index (κ1) is 21.1. The fraction of sp³-hybridized carbons (Fsp3) is 0.318. The van der Waals surface area contributed by atoms with Crippen LogP contribution < -0.4 is 5.32 Å². The van der Waals surface area contributed by atoms with E-state index in [2.05, 4.69) is 5.32 Å². The summed E-state index contributed by atoms with van der Waals surface area (Å²) in [7, 11) is 0. The maximum Gasteiger partial charge on any atom is 0.289 e. The van der Waals surface area contributed by atoms with Crippen LogP contribution in [0, 0.1) is 0 Å². The molecule has 1 heterocycles. The standard InChI is InChI=1S/C22H24N2O4S/c1-15(2)28-13-17-8-6-16(7-9-17)11-23-21(26)19-5-3-4-18(10-19)12-24-20(25)14-29-22(24)27/h3-10,15H,11-14H2,1-2H3,(H,23,26). The number of thioether (sulfide) groups is 1. The highest BCUT2D eigenvalue weighted by Crippen LogP contribution is 2.21. The summed E-state index contributed by atoms with van der Waals surface area (Å²) in [6.07, 6.45) is 0.185. The normalized spacial score (nSPS) is 14.0. The molecule has 0 atom stereocenters. The molecule has 29 heavy (non-hydrogen) atoms. The second kappa shape index (κ2) is 9.71. The van der Waals surface area contributed by atoms with Crippen LogP contribution in [0.15, 0.2) is 48.5 Å². The molecule has 0 aromatic heterocycles. The lowest BCUT2D eigenvalue weighted by atomic mass is 10.1. The van der Waals surface area contributed by atoms with Gasteiger partial charge in [0.05, 0.1) is 25.0 Å². The van der Waals surface area contributed by atoms with Gasteiger partial charge in [-0.05, 0) is 42.7 Å². The van der Waals surface area contributed by atoms with E-state index in [1.165, 1.54) is 4.90 Å². The Kier molecular flexibility index (Phi) is 7.06. The Morgan fingerprint density at radius 1 is 1.10 bits per heavy atom. The zero-order valence-electron chi connectivity index (χ0n) is 16.5. The molecule has 2 aromatic carbocycles. The van der Waals surface area contributed by atoms with Gasteiger partial charge in [-0.3, -0.25) is 19.3 Å². The first-order chi connectivity index (χ1) is 13.9. The van der Waals surface area contributed by atoms with E-state index in [1.54, 1.807) is 24.3 Å². The molecule has 1 aliphatic rings. The van der Waals surface area contributed by atoms with Crippen LogP contribution in [-0.4, -0.2) is 33.8 Å². The summed E-state index contributed by atoms with van der Waals surface area (Å²) in [5.41, 5.74) is 3.33. The quantitative estimate of drug-likeness (QED) is 0.715. The first-order valence-corrected chi connectivity index (χ1v) is 10.4. The maximum absolute atomic E-state index is 12.5. The van der Waals surface area contributed by atoms with E-state index >= 15 is 0 Å². The monoisotopic (exact) mass is 412 g/mol. The fourth-order valence-electron chi connectivity index (χ4n) is 2.83. The van der Waals surface area contributed by atoms with Gasteiger partial charge in [-0.2, -0.15) is 0 Å². The Balaban J connectivity index is 1.55. The summed E-state index contributed by atoms with van der Waals surface area (Å²) in [6.45, 7) is 5.16. The summed E-state index contributed by atoms with van der Waals surface area (Å²) >= 11 is 1.00. The minimum Gasteiger partial charge on any atom is -0.374 e. The van der Waals surface area contributed by atoms with Crippen LogP contribution in [0.25, 0.3) is 0 Å². The molecule has 7 heteroatoms. The van der Waals surface area contributed by atoms with E-state index in [-0.39, 0.29) is 35.5 Å². The molecule has 0 saturated carbocycles. The molecular formula is C22H24N2O4S. The van der Waals surface area contributed by atoms with Crippen molar-refractivity contribution >= 4 is 28.8 Å². The third-order valence-corrected chi connectivity index (χ3v) is 5.29. The number of nitrogens with zero attached hydrogens (tertiary/aromatic N) is 1. The highest BCUT2D eigenvalue weighted by atomic mass is 32.2. The van der Waals surface area contributed by atoms with Crippen LogP contribution >= 0.6 is 11.8 Å². The van der Waals surface area contributed by atoms with Crippen molar-refractivity contribution in [2.75, 3.05) is 5.75 Å². The van der Waals surface area contributed by atoms with Crippen molar-refractivity contribution in [1.29, 1.82) is 0 Å². The molecule has 3 amide bonds. The van der Waals surface area contributed by atoms with Gasteiger partial charge < -0.3 is 10.1 Å². The van der Waals surface area contributed by atoms with E-state index in [9.17, 15) is 14.4 Å². The number of carbonyl (C=O) groups is 3. The van der Waals surface area contributed by atoms with Crippen molar-refractivity contribution in [3.05, 3.63) is 70.8 Å². The molecule has 0 aliphatic carbocycles. The summed E-state index contributed by atoms with van der Waals surface area (Å²) < 4.78 is 5.58. The van der Waals surface area contributed by atoms with Crippen molar-refractivity contribution in [3.8, 4) is 0 Å². The summed E-state index contributed by atoms with van der Waals surface area (Å²) in [4.78, 5) is 37.2. The molecular weight excluding hydrogens is 388 g/mol. The van der Waals surface area contributed by atoms with Crippen molar-refractivity contribution in [1.82, 2.24) is 10.2 Å². The Bertz CT molecular complexity index is 880. The van der Waals surface area contributed by atoms with Gasteiger partial charge in [0, 0.05) is 12.1 Å². The first-order valence-electron chi connectivity index (χ1n) is 9.46. The molecule has 6 nitrogen and oxygen atoms in total. The lowest BCUT2D eigenvalue weighted by molar-refractivity contribution is -0.125. The SMILES string of the molecule is CC(C)OCc1ccc(CNC(=O)c2cccc(CN3C(=O)CSC3=O)c2)cc1. The van der Waals surface area contributed by atoms with E-state index in [0.717, 1.165) is 28.5 Å². The molecule has 1 N–H and O–H groups in total. The Hall–Kier alpha value is -2.64. The predicted octanol–water partition coefficient (Wildman–Crippen LogP) is 3.74. The Labute approximate surface area is 174 Å². The number of benzene rings is 2. The van der Waals surface area contributed by atoms with E-state index in [1.807, 2.05) is 38.1 Å². The minimum atomic E-state index is -0.243. The number of ether oxygens (including phenoxy) is 1. The van der Waals surface area contributed by atoms with Crippen LogP contribution in [0.5, 0.6) is 0 Å². The number of amides is 3. The fourth-order valence-corrected chi connectivity index (χ4v) is 3.55. The molecule has 0 bridgehead atoms. The third-order valence-electron chi connectivity index (χ3n) is 4.43. The largest absolute Gasteiger partial charge is 0.374 e. The number of hydrogen-bond donors (Lipinski definition) is 1. The van der Waals surface area contributed by atoms with Crippen molar-refractivity contribution in [3.63, 3.8) is 0 Å². The van der Waals surface area contributed by atoms with Crippen LogP contribution in [0.3, 0.4) is 0 Å². The summed E-state index contributed by atoms with van der Waals surface area (Å²) in [6, 6.07) is 14.9. The average Bonchev–Trinajstić information content (AvgIpc) is 3.03. The number of carbonyl (C=O) groups excluding carboxylic acids is 3. The van der Waals surface area contributed by atoms with Crippen LogP contribution in [0.2, 0.25) is 0 Å². The van der Waals surface area contributed by atoms with Gasteiger partial charge in [0.2, 0.25) is 5.91 Å². The van der Waals surface area contributed by atoms with Gasteiger partial charge in [0.15, 0.2) is 0 Å². The Morgan fingerprint density at radius 3 is 2.48 bits per heavy atom. The number of hydrogen-bond acceptors (Lipinski definition) is 5. The predicted molar refractivity (Wildman–Crippen MR) is 112 cm³/mol. The van der Waals surface area contributed by atoms with Crippen LogP contribution in [0.1, 0.15) is 40.9 Å². The van der Waals surface area contributed by atoms with Crippen molar-refractivity contribution in [2.24, 2.45) is 0 Å². The second-order valence-electron chi connectivity index (χ2n) is 7.09. The van der Waals surface area contributed by atoms with Crippen molar-refractivity contribution in [2.45, 2.75) is 39.6 Å². The molecule has 0 radical (unpaired) electrons.